The molecular formula is C38H31N7O17S4. The van der Waals surface area contributed by atoms with Gasteiger partial charge in [0, 0.05) is 41.0 Å². The van der Waals surface area contributed by atoms with Gasteiger partial charge in [-0.3, -0.25) is 28.3 Å². The van der Waals surface area contributed by atoms with Crippen LogP contribution in [0.4, 0.5) is 45.5 Å². The number of nitro groups is 1. The maximum atomic E-state index is 12.6. The molecule has 8 N–H and O–H groups in total. The number of ether oxygens (including phenoxy) is 2. The van der Waals surface area contributed by atoms with Gasteiger partial charge >= 0.3 is 0 Å². The molecule has 0 atom stereocenters. The third-order valence-corrected chi connectivity index (χ3v) is 12.7. The highest BCUT2D eigenvalue weighted by molar-refractivity contribution is 7.86. The molecule has 0 aliphatic heterocycles. The van der Waals surface area contributed by atoms with Crippen LogP contribution in [0.15, 0.2) is 131 Å². The summed E-state index contributed by atoms with van der Waals surface area (Å²) in [5.41, 5.74) is 3.73. The van der Waals surface area contributed by atoms with Crippen LogP contribution in [0.25, 0.3) is 22.9 Å². The van der Waals surface area contributed by atoms with Crippen LogP contribution in [0.1, 0.15) is 11.1 Å². The minimum atomic E-state index is -5.10. The SMILES string of the molecule is COc1cc(N=Nc2c(S(=O)(=O)O)cc3cc(Nc4ccc(N)c(S(=O)(=O)O)c4)ccc3c2O)c(OC)cc1N=Nc1ccc(/C=C\c2ccc([N+](=O)[O-])cc2S(=O)(=O)O)c(S(=O)(=O)O)c1. The second-order valence-electron chi connectivity index (χ2n) is 13.4. The predicted octanol–water partition coefficient (Wildman–Crippen LogP) is 7.78. The van der Waals surface area contributed by atoms with Crippen molar-refractivity contribution in [1.82, 2.24) is 0 Å². The van der Waals surface area contributed by atoms with Crippen LogP contribution in [0.2, 0.25) is 0 Å². The lowest BCUT2D eigenvalue weighted by Gasteiger charge is -2.13. The van der Waals surface area contributed by atoms with E-state index in [4.69, 9.17) is 15.2 Å². The minimum Gasteiger partial charge on any atom is -0.505 e. The van der Waals surface area contributed by atoms with E-state index < -0.39 is 82.1 Å². The van der Waals surface area contributed by atoms with E-state index in [1.165, 1.54) is 68.8 Å². The van der Waals surface area contributed by atoms with Gasteiger partial charge in [-0.2, -0.15) is 38.8 Å². The van der Waals surface area contributed by atoms with Crippen molar-refractivity contribution >= 4 is 109 Å². The summed E-state index contributed by atoms with van der Waals surface area (Å²) >= 11 is 0. The summed E-state index contributed by atoms with van der Waals surface area (Å²) in [4.78, 5) is 7.25. The Balaban J connectivity index is 1.32. The number of methoxy groups -OCH3 is 2. The van der Waals surface area contributed by atoms with E-state index in [1.54, 1.807) is 0 Å². The smallest absolute Gasteiger partial charge is 0.296 e. The van der Waals surface area contributed by atoms with E-state index >= 15 is 0 Å². The number of anilines is 3. The summed E-state index contributed by atoms with van der Waals surface area (Å²) in [5.74, 6) is -0.858. The minimum absolute atomic E-state index is 0.0372. The number of hydrogen-bond acceptors (Lipinski definition) is 19. The van der Waals surface area contributed by atoms with E-state index in [9.17, 15) is 67.1 Å². The third kappa shape index (κ3) is 10.7. The summed E-state index contributed by atoms with van der Waals surface area (Å²) in [5, 5.41) is 41.4. The van der Waals surface area contributed by atoms with E-state index in [0.717, 1.165) is 42.5 Å². The van der Waals surface area contributed by atoms with Crippen LogP contribution in [-0.4, -0.2) is 76.1 Å². The van der Waals surface area contributed by atoms with Gasteiger partial charge in [0.2, 0.25) is 0 Å². The number of nitrogens with two attached hydrogens (primary N) is 1. The van der Waals surface area contributed by atoms with Crippen LogP contribution in [0.5, 0.6) is 17.2 Å². The molecule has 6 aromatic carbocycles. The first-order valence-electron chi connectivity index (χ1n) is 17.8. The van der Waals surface area contributed by atoms with Crippen LogP contribution in [0.3, 0.4) is 0 Å². The van der Waals surface area contributed by atoms with Crippen LogP contribution >= 0.6 is 0 Å². The molecule has 66 heavy (non-hydrogen) atoms. The largest absolute Gasteiger partial charge is 0.505 e. The van der Waals surface area contributed by atoms with Crippen molar-refractivity contribution in [2.24, 2.45) is 20.5 Å². The van der Waals surface area contributed by atoms with E-state index in [-0.39, 0.29) is 67.5 Å². The molecule has 0 fully saturated rings. The van der Waals surface area contributed by atoms with Gasteiger partial charge in [0.25, 0.3) is 46.2 Å². The molecule has 0 spiro atoms. The lowest BCUT2D eigenvalue weighted by atomic mass is 10.1. The summed E-state index contributed by atoms with van der Waals surface area (Å²) < 4.78 is 147. The molecule has 28 heteroatoms. The number of phenols is 1. The molecule has 0 saturated carbocycles. The first-order chi connectivity index (χ1) is 30.8. The summed E-state index contributed by atoms with van der Waals surface area (Å²) in [6, 6.07) is 17.2. The number of phenolic OH excluding ortho intramolecular Hbond substituents is 1. The van der Waals surface area contributed by atoms with Gasteiger partial charge in [-0.05, 0) is 77.2 Å². The van der Waals surface area contributed by atoms with Crippen molar-refractivity contribution in [3.05, 3.63) is 112 Å². The average Bonchev–Trinajstić information content (AvgIpc) is 3.23. The Labute approximate surface area is 373 Å². The van der Waals surface area contributed by atoms with Gasteiger partial charge in [0.15, 0.2) is 5.75 Å². The zero-order valence-electron chi connectivity index (χ0n) is 33.4. The molecule has 0 bridgehead atoms. The summed E-state index contributed by atoms with van der Waals surface area (Å²) in [7, 11) is -17.3. The predicted molar refractivity (Wildman–Crippen MR) is 235 cm³/mol. The molecule has 0 unspecified atom stereocenters. The van der Waals surface area contributed by atoms with Crippen molar-refractivity contribution in [1.29, 1.82) is 0 Å². The molecule has 0 heterocycles. The molecular weight excluding hydrogens is 955 g/mol. The van der Waals surface area contributed by atoms with Crippen molar-refractivity contribution in [3.8, 4) is 17.2 Å². The van der Waals surface area contributed by atoms with Crippen LogP contribution < -0.4 is 20.5 Å². The number of nitrogens with one attached hydrogen (secondary N) is 1. The Hall–Kier alpha value is -7.44. The summed E-state index contributed by atoms with van der Waals surface area (Å²) in [6.45, 7) is 0. The zero-order chi connectivity index (χ0) is 48.5. The Morgan fingerprint density at radius 2 is 1.12 bits per heavy atom. The van der Waals surface area contributed by atoms with Gasteiger partial charge in [0.1, 0.15) is 48.1 Å². The van der Waals surface area contributed by atoms with E-state index in [1.807, 2.05) is 0 Å². The first-order valence-corrected chi connectivity index (χ1v) is 23.6. The van der Waals surface area contributed by atoms with Gasteiger partial charge in [-0.25, -0.2) is 0 Å². The number of aromatic hydroxyl groups is 1. The number of fused-ring (bicyclic) bond motifs is 1. The molecule has 0 amide bonds. The third-order valence-electron chi connectivity index (χ3n) is 9.12. The Bertz CT molecular complexity index is 3550. The molecule has 0 aliphatic rings. The quantitative estimate of drug-likeness (QED) is 0.0129. The van der Waals surface area contributed by atoms with Crippen molar-refractivity contribution in [3.63, 3.8) is 0 Å². The van der Waals surface area contributed by atoms with Crippen molar-refractivity contribution < 1.29 is 71.4 Å². The van der Waals surface area contributed by atoms with E-state index in [0.29, 0.717) is 6.07 Å². The normalized spacial score (nSPS) is 12.6. The fourth-order valence-corrected chi connectivity index (χ4v) is 8.79. The number of nitro benzene ring substituents is 1. The number of benzene rings is 6. The molecule has 0 radical (unpaired) electrons. The highest BCUT2D eigenvalue weighted by Crippen LogP contribution is 2.45. The molecule has 0 aromatic heterocycles. The van der Waals surface area contributed by atoms with Crippen LogP contribution in [-0.2, 0) is 40.5 Å². The Kier molecular flexibility index (Phi) is 13.3. The van der Waals surface area contributed by atoms with Gasteiger partial charge in [-0.15, -0.1) is 15.3 Å². The highest BCUT2D eigenvalue weighted by Gasteiger charge is 2.24. The lowest BCUT2D eigenvalue weighted by molar-refractivity contribution is -0.385. The number of azo groups is 2. The standard InChI is InChI=1S/C38H31N7O17S4/c1-61-31-19-30(43-44-37-36(66(58,59)60)14-22-13-23(8-11-27(22)38(37)46)40-24-9-12-28(39)35(15-24)65(55,56)57)32(62-2)18-29(31)42-41-25-7-5-20(33(16-25)63(49,50)51)3-4-21-6-10-26(45(47)48)17-34(21)64(52,53)54/h3-19,40,46H,39H2,1-2H3,(H,49,50,51)(H,52,53,54)(H,55,56,57)(H,58,59,60)/b4-3-,42-41?,44-43?. The molecule has 6 aromatic rings. The van der Waals surface area contributed by atoms with Crippen molar-refractivity contribution in [2.45, 2.75) is 19.6 Å². The average molecular weight is 986 g/mol. The number of nitrogen functional groups attached to an aromatic ring is 1. The maximum absolute atomic E-state index is 12.6. The number of non-ortho nitro benzene ring substituents is 1. The number of nitrogens with zero attached hydrogens (tertiary/aromatic N) is 5. The van der Waals surface area contributed by atoms with Crippen molar-refractivity contribution in [2.75, 3.05) is 25.3 Å². The van der Waals surface area contributed by atoms with E-state index in [2.05, 4.69) is 25.8 Å². The fraction of sp³-hybridized carbons (Fsp3) is 0.0526. The zero-order valence-corrected chi connectivity index (χ0v) is 36.7. The molecule has 24 nitrogen and oxygen atoms in total. The maximum Gasteiger partial charge on any atom is 0.296 e. The van der Waals surface area contributed by atoms with Crippen LogP contribution in [0, 0.1) is 10.1 Å². The van der Waals surface area contributed by atoms with Gasteiger partial charge < -0.3 is 25.6 Å². The second kappa shape index (κ2) is 18.2. The number of rotatable bonds is 15. The second-order valence-corrected chi connectivity index (χ2v) is 19.0. The topological polar surface area (TPSA) is 387 Å². The molecule has 0 aliphatic carbocycles. The molecule has 6 rings (SSSR count). The summed E-state index contributed by atoms with van der Waals surface area (Å²) in [6.07, 6.45) is 2.09. The first kappa shape index (κ1) is 48.0. The highest BCUT2D eigenvalue weighted by atomic mass is 32.2. The number of hydrogen-bond donors (Lipinski definition) is 7. The fourth-order valence-electron chi connectivity index (χ4n) is 6.09. The monoisotopic (exact) mass is 985 g/mol. The van der Waals surface area contributed by atoms with Gasteiger partial charge in [-0.1, -0.05) is 18.2 Å². The Morgan fingerprint density at radius 3 is 1.67 bits per heavy atom. The van der Waals surface area contributed by atoms with Gasteiger partial charge in [0.05, 0.1) is 30.5 Å². The Morgan fingerprint density at radius 1 is 0.606 bits per heavy atom. The molecule has 0 saturated heterocycles. The molecule has 344 valence electrons. The lowest BCUT2D eigenvalue weighted by Crippen LogP contribution is -2.04.